The number of anilines is 1. The SMILES string of the molecule is COC(=O)Cc1cc2c(c([N+](=O)[O-])c1)N(C(=O)CN)CC2. The summed E-state index contributed by atoms with van der Waals surface area (Å²) in [5, 5.41) is 11.2. The Balaban J connectivity index is 2.47. The topological polar surface area (TPSA) is 116 Å². The molecule has 0 radical (unpaired) electrons. The van der Waals surface area contributed by atoms with Crippen molar-refractivity contribution in [3.05, 3.63) is 33.4 Å². The Kier molecular flexibility index (Phi) is 4.18. The molecule has 0 fully saturated rings. The molecule has 112 valence electrons. The molecule has 0 aliphatic carbocycles. The number of benzene rings is 1. The number of nitrogens with zero attached hydrogens (tertiary/aromatic N) is 2. The zero-order valence-corrected chi connectivity index (χ0v) is 11.5. The summed E-state index contributed by atoms with van der Waals surface area (Å²) >= 11 is 0. The summed E-state index contributed by atoms with van der Waals surface area (Å²) in [5.74, 6) is -0.838. The number of carbonyl (C=O) groups excluding carboxylic acids is 2. The van der Waals surface area contributed by atoms with Crippen LogP contribution >= 0.6 is 0 Å². The van der Waals surface area contributed by atoms with Gasteiger partial charge in [-0.1, -0.05) is 6.07 Å². The molecule has 1 aliphatic heterocycles. The number of nitrogens with two attached hydrogens (primary N) is 1. The number of amides is 1. The maximum atomic E-state index is 11.8. The number of hydrogen-bond donors (Lipinski definition) is 1. The lowest BCUT2D eigenvalue weighted by Crippen LogP contribution is -2.34. The van der Waals surface area contributed by atoms with Crippen molar-refractivity contribution in [3.8, 4) is 0 Å². The van der Waals surface area contributed by atoms with Crippen molar-refractivity contribution in [2.24, 2.45) is 5.73 Å². The van der Waals surface area contributed by atoms with Crippen LogP contribution in [0.3, 0.4) is 0 Å². The summed E-state index contributed by atoms with van der Waals surface area (Å²) < 4.78 is 4.56. The fraction of sp³-hybridized carbons (Fsp3) is 0.385. The Morgan fingerprint density at radius 2 is 2.19 bits per heavy atom. The van der Waals surface area contributed by atoms with Gasteiger partial charge in [-0.05, 0) is 17.5 Å². The number of hydrogen-bond acceptors (Lipinski definition) is 6. The molecule has 21 heavy (non-hydrogen) atoms. The summed E-state index contributed by atoms with van der Waals surface area (Å²) in [7, 11) is 1.26. The Hall–Kier alpha value is -2.48. The highest BCUT2D eigenvalue weighted by molar-refractivity contribution is 5.99. The highest BCUT2D eigenvalue weighted by atomic mass is 16.6. The van der Waals surface area contributed by atoms with Gasteiger partial charge in [-0.15, -0.1) is 0 Å². The molecule has 1 aromatic rings. The van der Waals surface area contributed by atoms with Gasteiger partial charge in [0.25, 0.3) is 5.69 Å². The van der Waals surface area contributed by atoms with Crippen molar-refractivity contribution in [1.82, 2.24) is 0 Å². The highest BCUT2D eigenvalue weighted by Gasteiger charge is 2.32. The third kappa shape index (κ3) is 2.84. The monoisotopic (exact) mass is 293 g/mol. The number of nitro benzene ring substituents is 1. The minimum absolute atomic E-state index is 0.0462. The summed E-state index contributed by atoms with van der Waals surface area (Å²) in [4.78, 5) is 35.1. The number of nitro groups is 1. The highest BCUT2D eigenvalue weighted by Crippen LogP contribution is 2.38. The number of ether oxygens (including phenoxy) is 1. The third-order valence-corrected chi connectivity index (χ3v) is 3.35. The van der Waals surface area contributed by atoms with Gasteiger partial charge >= 0.3 is 5.97 Å². The van der Waals surface area contributed by atoms with Gasteiger partial charge in [0.2, 0.25) is 5.91 Å². The lowest BCUT2D eigenvalue weighted by atomic mass is 10.0. The fourth-order valence-corrected chi connectivity index (χ4v) is 2.43. The predicted octanol–water partition coefficient (Wildman–Crippen LogP) is 0.158. The average molecular weight is 293 g/mol. The number of fused-ring (bicyclic) bond motifs is 1. The van der Waals surface area contributed by atoms with Crippen LogP contribution in [0.25, 0.3) is 0 Å². The first-order chi connectivity index (χ1) is 9.97. The van der Waals surface area contributed by atoms with Crippen LogP contribution in [0.2, 0.25) is 0 Å². The molecule has 0 saturated carbocycles. The van der Waals surface area contributed by atoms with Gasteiger partial charge < -0.3 is 15.4 Å². The second-order valence-corrected chi connectivity index (χ2v) is 4.63. The van der Waals surface area contributed by atoms with Crippen molar-refractivity contribution in [3.63, 3.8) is 0 Å². The molecule has 2 N–H and O–H groups in total. The minimum Gasteiger partial charge on any atom is -0.469 e. The van der Waals surface area contributed by atoms with Gasteiger partial charge in [-0.25, -0.2) is 0 Å². The lowest BCUT2D eigenvalue weighted by molar-refractivity contribution is -0.384. The quantitative estimate of drug-likeness (QED) is 0.480. The molecular formula is C13H15N3O5. The van der Waals surface area contributed by atoms with Crippen LogP contribution in [0.1, 0.15) is 11.1 Å². The van der Waals surface area contributed by atoms with Crippen molar-refractivity contribution in [2.45, 2.75) is 12.8 Å². The average Bonchev–Trinajstić information content (AvgIpc) is 2.88. The van der Waals surface area contributed by atoms with Crippen LogP contribution < -0.4 is 10.6 Å². The first-order valence-electron chi connectivity index (χ1n) is 6.35. The zero-order valence-electron chi connectivity index (χ0n) is 11.5. The van der Waals surface area contributed by atoms with Crippen LogP contribution in [0.5, 0.6) is 0 Å². The summed E-state index contributed by atoms with van der Waals surface area (Å²) in [6.45, 7) is 0.147. The summed E-state index contributed by atoms with van der Waals surface area (Å²) in [6, 6.07) is 3.00. The molecule has 0 unspecified atom stereocenters. The molecule has 0 saturated heterocycles. The normalized spacial score (nSPS) is 13.0. The molecule has 0 atom stereocenters. The van der Waals surface area contributed by atoms with Crippen LogP contribution in [0, 0.1) is 10.1 Å². The Morgan fingerprint density at radius 3 is 2.76 bits per heavy atom. The molecule has 0 spiro atoms. The fourth-order valence-electron chi connectivity index (χ4n) is 2.43. The van der Waals surface area contributed by atoms with Gasteiger partial charge in [0.15, 0.2) is 0 Å². The van der Waals surface area contributed by atoms with Crippen molar-refractivity contribution in [2.75, 3.05) is 25.1 Å². The van der Waals surface area contributed by atoms with E-state index in [1.165, 1.54) is 18.1 Å². The molecule has 1 aliphatic rings. The largest absolute Gasteiger partial charge is 0.469 e. The van der Waals surface area contributed by atoms with E-state index < -0.39 is 10.9 Å². The van der Waals surface area contributed by atoms with Crippen LogP contribution in [-0.2, 0) is 27.2 Å². The molecule has 8 heteroatoms. The maximum absolute atomic E-state index is 11.8. The van der Waals surface area contributed by atoms with Crippen molar-refractivity contribution in [1.29, 1.82) is 0 Å². The molecule has 8 nitrogen and oxygen atoms in total. The van der Waals surface area contributed by atoms with E-state index in [4.69, 9.17) is 5.73 Å². The molecule has 2 rings (SSSR count). The van der Waals surface area contributed by atoms with Crippen LogP contribution in [0.4, 0.5) is 11.4 Å². The molecule has 0 aromatic heterocycles. The van der Waals surface area contributed by atoms with E-state index in [9.17, 15) is 19.7 Å². The van der Waals surface area contributed by atoms with E-state index >= 15 is 0 Å². The summed E-state index contributed by atoms with van der Waals surface area (Å²) in [5.41, 5.74) is 6.59. The second kappa shape index (κ2) is 5.88. The van der Waals surface area contributed by atoms with E-state index in [0.717, 1.165) is 0 Å². The Morgan fingerprint density at radius 1 is 1.48 bits per heavy atom. The number of rotatable bonds is 4. The van der Waals surface area contributed by atoms with Gasteiger partial charge in [0.1, 0.15) is 5.69 Å². The smallest absolute Gasteiger partial charge is 0.309 e. The van der Waals surface area contributed by atoms with Gasteiger partial charge in [0, 0.05) is 12.6 Å². The Bertz CT molecular complexity index is 614. The third-order valence-electron chi connectivity index (χ3n) is 3.35. The van der Waals surface area contributed by atoms with Crippen LogP contribution in [-0.4, -0.2) is 37.0 Å². The molecular weight excluding hydrogens is 278 g/mol. The molecule has 1 aromatic carbocycles. The zero-order chi connectivity index (χ0) is 15.6. The minimum atomic E-state index is -0.554. The first kappa shape index (κ1) is 14.9. The van der Waals surface area contributed by atoms with Crippen LogP contribution in [0.15, 0.2) is 12.1 Å². The van der Waals surface area contributed by atoms with Gasteiger partial charge in [0.05, 0.1) is 25.0 Å². The van der Waals surface area contributed by atoms with E-state index in [1.54, 1.807) is 6.07 Å². The van der Waals surface area contributed by atoms with Gasteiger partial charge in [-0.3, -0.25) is 19.7 Å². The molecule has 1 amide bonds. The number of carbonyl (C=O) groups is 2. The first-order valence-corrected chi connectivity index (χ1v) is 6.35. The van der Waals surface area contributed by atoms with E-state index in [-0.39, 0.29) is 30.2 Å². The standard InChI is InChI=1S/C13H15N3O5/c1-21-12(18)6-8-4-9-2-3-15(11(17)7-14)13(9)10(5-8)16(19)20/h4-5H,2-3,6-7,14H2,1H3. The van der Waals surface area contributed by atoms with Gasteiger partial charge in [-0.2, -0.15) is 0 Å². The van der Waals surface area contributed by atoms with E-state index in [0.29, 0.717) is 24.1 Å². The molecule has 0 bridgehead atoms. The Labute approximate surface area is 120 Å². The second-order valence-electron chi connectivity index (χ2n) is 4.63. The number of methoxy groups -OCH3 is 1. The van der Waals surface area contributed by atoms with E-state index in [1.807, 2.05) is 0 Å². The predicted molar refractivity (Wildman–Crippen MR) is 73.9 cm³/mol. The van der Waals surface area contributed by atoms with Crippen molar-refractivity contribution < 1.29 is 19.2 Å². The number of esters is 1. The summed E-state index contributed by atoms with van der Waals surface area (Å²) in [6.07, 6.45) is 0.451. The maximum Gasteiger partial charge on any atom is 0.309 e. The van der Waals surface area contributed by atoms with E-state index in [2.05, 4.69) is 4.74 Å². The van der Waals surface area contributed by atoms with Crippen molar-refractivity contribution >= 4 is 23.3 Å². The lowest BCUT2D eigenvalue weighted by Gasteiger charge is -2.16. The molecule has 1 heterocycles.